The third-order valence-electron chi connectivity index (χ3n) is 4.91. The Morgan fingerprint density at radius 2 is 0.806 bits per heavy atom. The summed E-state index contributed by atoms with van der Waals surface area (Å²) in [5, 5.41) is -0.116. The molecule has 0 heterocycles. The molecular formula is C24H27N2O2S2Sb. The maximum atomic E-state index is 13.4. The molecular weight excluding hydrogens is 534 g/mol. The Balaban J connectivity index is 2.54. The van der Waals surface area contributed by atoms with Gasteiger partial charge in [-0.25, -0.2) is 0 Å². The summed E-state index contributed by atoms with van der Waals surface area (Å²) in [7, 11) is 9.76. The van der Waals surface area contributed by atoms with Crippen molar-refractivity contribution in [3.63, 3.8) is 0 Å². The summed E-state index contributed by atoms with van der Waals surface area (Å²) in [5.74, 6) is 0. The summed E-state index contributed by atoms with van der Waals surface area (Å²) in [6.45, 7) is 0. The van der Waals surface area contributed by atoms with Gasteiger partial charge in [0.15, 0.2) is 0 Å². The molecule has 2 amide bonds. The number of rotatable bonds is 5. The van der Waals surface area contributed by atoms with Crippen LogP contribution in [0.5, 0.6) is 0 Å². The number of nitrogens with zero attached hydrogens (tertiary/aromatic N) is 2. The van der Waals surface area contributed by atoms with E-state index in [1.54, 1.807) is 38.0 Å². The zero-order valence-electron chi connectivity index (χ0n) is 18.1. The van der Waals surface area contributed by atoms with Gasteiger partial charge >= 0.3 is 192 Å². The molecule has 0 aliphatic heterocycles. The van der Waals surface area contributed by atoms with E-state index in [-0.39, 0.29) is 10.5 Å². The Morgan fingerprint density at radius 1 is 0.548 bits per heavy atom. The Bertz CT molecular complexity index is 920. The Hall–Kier alpha value is -1.88. The molecule has 0 aromatic heterocycles. The van der Waals surface area contributed by atoms with Gasteiger partial charge in [0, 0.05) is 0 Å². The first-order valence-corrected chi connectivity index (χ1v) is 21.4. The minimum atomic E-state index is -4.85. The predicted octanol–water partition coefficient (Wildman–Crippen LogP) is 3.93. The molecule has 0 aliphatic carbocycles. The van der Waals surface area contributed by atoms with Gasteiger partial charge in [0.1, 0.15) is 0 Å². The van der Waals surface area contributed by atoms with E-state index in [1.165, 1.54) is 17.7 Å². The summed E-state index contributed by atoms with van der Waals surface area (Å²) >= 11 is -4.85. The van der Waals surface area contributed by atoms with E-state index in [9.17, 15) is 9.59 Å². The summed E-state index contributed by atoms with van der Waals surface area (Å²) in [6.07, 6.45) is 0. The van der Waals surface area contributed by atoms with Crippen LogP contribution >= 0.6 is 17.7 Å². The molecule has 0 N–H and O–H groups in total. The topological polar surface area (TPSA) is 40.6 Å². The molecule has 0 fully saturated rings. The molecule has 3 aromatic carbocycles. The molecule has 0 atom stereocenters. The van der Waals surface area contributed by atoms with E-state index >= 15 is 0 Å². The fourth-order valence-electron chi connectivity index (χ4n) is 3.34. The van der Waals surface area contributed by atoms with E-state index in [2.05, 4.69) is 36.4 Å². The van der Waals surface area contributed by atoms with Crippen LogP contribution in [0, 0.1) is 0 Å². The second kappa shape index (κ2) is 9.72. The van der Waals surface area contributed by atoms with Gasteiger partial charge in [-0.2, -0.15) is 0 Å². The Kier molecular flexibility index (Phi) is 7.46. The van der Waals surface area contributed by atoms with Crippen LogP contribution in [0.2, 0.25) is 0 Å². The van der Waals surface area contributed by atoms with Crippen LogP contribution in [0.15, 0.2) is 91.0 Å². The second-order valence-electron chi connectivity index (χ2n) is 7.47. The molecule has 0 bridgehead atoms. The van der Waals surface area contributed by atoms with Crippen LogP contribution in [0.1, 0.15) is 0 Å². The van der Waals surface area contributed by atoms with Crippen molar-refractivity contribution in [1.82, 2.24) is 9.80 Å². The third kappa shape index (κ3) is 4.39. The summed E-state index contributed by atoms with van der Waals surface area (Å²) in [5.41, 5.74) is 0. The van der Waals surface area contributed by atoms with Crippen molar-refractivity contribution in [3.8, 4) is 0 Å². The number of benzene rings is 3. The Labute approximate surface area is 190 Å². The minimum absolute atomic E-state index is 0.0579. The molecule has 3 rings (SSSR count). The number of carbonyl (C=O) groups is 2. The van der Waals surface area contributed by atoms with Crippen LogP contribution in [0.4, 0.5) is 9.59 Å². The molecule has 7 heteroatoms. The van der Waals surface area contributed by atoms with Crippen molar-refractivity contribution in [2.75, 3.05) is 28.2 Å². The summed E-state index contributed by atoms with van der Waals surface area (Å²) in [4.78, 5) is 30.1. The van der Waals surface area contributed by atoms with Gasteiger partial charge in [0.05, 0.1) is 0 Å². The monoisotopic (exact) mass is 560 g/mol. The first-order valence-electron chi connectivity index (χ1n) is 9.82. The zero-order chi connectivity index (χ0) is 22.5. The molecule has 4 nitrogen and oxygen atoms in total. The van der Waals surface area contributed by atoms with Crippen LogP contribution in [0.25, 0.3) is 0 Å². The molecule has 31 heavy (non-hydrogen) atoms. The van der Waals surface area contributed by atoms with Crippen molar-refractivity contribution in [2.24, 2.45) is 0 Å². The molecule has 0 saturated carbocycles. The van der Waals surface area contributed by atoms with Crippen LogP contribution < -0.4 is 10.5 Å². The van der Waals surface area contributed by atoms with Gasteiger partial charge in [-0.15, -0.1) is 0 Å². The van der Waals surface area contributed by atoms with Gasteiger partial charge in [-0.05, 0) is 0 Å². The van der Waals surface area contributed by atoms with Crippen molar-refractivity contribution in [1.29, 1.82) is 0 Å². The number of amides is 2. The zero-order valence-corrected chi connectivity index (χ0v) is 22.3. The van der Waals surface area contributed by atoms with Crippen molar-refractivity contribution >= 4 is 53.3 Å². The van der Waals surface area contributed by atoms with E-state index in [0.29, 0.717) is 0 Å². The van der Waals surface area contributed by atoms with Gasteiger partial charge in [-0.3, -0.25) is 0 Å². The first-order chi connectivity index (χ1) is 14.8. The molecule has 0 saturated heterocycles. The van der Waals surface area contributed by atoms with Crippen molar-refractivity contribution < 1.29 is 9.59 Å². The van der Waals surface area contributed by atoms with E-state index in [4.69, 9.17) is 0 Å². The molecule has 162 valence electrons. The van der Waals surface area contributed by atoms with Crippen molar-refractivity contribution in [2.45, 2.75) is 0 Å². The number of hydrogen-bond acceptors (Lipinski definition) is 4. The Morgan fingerprint density at radius 3 is 1.03 bits per heavy atom. The van der Waals surface area contributed by atoms with Gasteiger partial charge in [0.25, 0.3) is 0 Å². The molecule has 0 radical (unpaired) electrons. The summed E-state index contributed by atoms with van der Waals surface area (Å²) in [6, 6.07) is 30.3. The second-order valence-corrected chi connectivity index (χ2v) is 32.9. The predicted molar refractivity (Wildman–Crippen MR) is 137 cm³/mol. The van der Waals surface area contributed by atoms with E-state index in [0.717, 1.165) is 10.5 Å². The molecule has 0 aliphatic rings. The fourth-order valence-corrected chi connectivity index (χ4v) is 35.4. The third-order valence-corrected chi connectivity index (χ3v) is 37.4. The molecule has 0 unspecified atom stereocenters. The average Bonchev–Trinajstić information content (AvgIpc) is 2.80. The average molecular weight is 561 g/mol. The summed E-state index contributed by atoms with van der Waals surface area (Å²) < 4.78 is 3.15. The van der Waals surface area contributed by atoms with Gasteiger partial charge in [0.2, 0.25) is 0 Å². The quantitative estimate of drug-likeness (QED) is 0.443. The SMILES string of the molecule is CN(C)C(=O)[S][Sb]([S]C(=O)N(C)C)([c]1ccccc1)([c]1ccccc1)[c]1ccccc1. The van der Waals surface area contributed by atoms with Gasteiger partial charge in [-0.1, -0.05) is 0 Å². The van der Waals surface area contributed by atoms with Crippen LogP contribution in [-0.4, -0.2) is 63.1 Å². The van der Waals surface area contributed by atoms with Crippen LogP contribution in [0.3, 0.4) is 0 Å². The standard InChI is InChI=1S/3C6H5.2C3H7NOS.Sb/c3*1-2-4-6-5-3-1;2*1-4(2)3(5)6;/h3*1-5H;2*1-2H3,(H,5,6);/q;;;;;+2/p-2. The molecule has 3 aromatic rings. The maximum absolute atomic E-state index is 13.4. The number of carbonyl (C=O) groups excluding carboxylic acids is 2. The van der Waals surface area contributed by atoms with E-state index in [1.807, 2.05) is 54.6 Å². The fraction of sp³-hybridized carbons (Fsp3) is 0.167. The first kappa shape index (κ1) is 23.8. The van der Waals surface area contributed by atoms with Crippen LogP contribution in [-0.2, 0) is 0 Å². The van der Waals surface area contributed by atoms with Gasteiger partial charge < -0.3 is 0 Å². The normalized spacial score (nSPS) is 12.5. The van der Waals surface area contributed by atoms with E-state index < -0.39 is 14.6 Å². The van der Waals surface area contributed by atoms with Crippen molar-refractivity contribution in [3.05, 3.63) is 91.0 Å². The molecule has 0 spiro atoms. The number of hydrogen-bond donors (Lipinski definition) is 0.